The molecule has 14 heavy (non-hydrogen) atoms. The van der Waals surface area contributed by atoms with Gasteiger partial charge < -0.3 is 15.3 Å². The molecule has 0 aromatic rings. The van der Waals surface area contributed by atoms with Crippen LogP contribution in [-0.4, -0.2) is 47.6 Å². The lowest BCUT2D eigenvalue weighted by Gasteiger charge is -2.42. The molecule has 0 radical (unpaired) electrons. The molecule has 2 amide bonds. The van der Waals surface area contributed by atoms with Crippen LogP contribution in [0.4, 0.5) is 0 Å². The van der Waals surface area contributed by atoms with Gasteiger partial charge in [-0.3, -0.25) is 9.59 Å². The first-order valence-electron chi connectivity index (χ1n) is 4.92. The van der Waals surface area contributed by atoms with Gasteiger partial charge >= 0.3 is 0 Å². The van der Waals surface area contributed by atoms with Crippen molar-refractivity contribution in [3.8, 4) is 0 Å². The number of aliphatic hydroxyl groups excluding tert-OH is 1. The summed E-state index contributed by atoms with van der Waals surface area (Å²) in [6.45, 7) is 0.725. The number of nitrogens with one attached hydrogen (secondary N) is 1. The van der Waals surface area contributed by atoms with E-state index >= 15 is 0 Å². The maximum Gasteiger partial charge on any atom is 0.243 e. The van der Waals surface area contributed by atoms with Gasteiger partial charge in [-0.15, -0.1) is 0 Å². The first-order chi connectivity index (χ1) is 6.74. The Balaban J connectivity index is 2.21. The van der Waals surface area contributed by atoms with Gasteiger partial charge in [0.2, 0.25) is 11.8 Å². The highest BCUT2D eigenvalue weighted by atomic mass is 16.3. The summed E-state index contributed by atoms with van der Waals surface area (Å²) < 4.78 is 0. The topological polar surface area (TPSA) is 69.6 Å². The van der Waals surface area contributed by atoms with Crippen LogP contribution >= 0.6 is 0 Å². The van der Waals surface area contributed by atoms with Gasteiger partial charge in [-0.1, -0.05) is 0 Å². The van der Waals surface area contributed by atoms with Crippen molar-refractivity contribution in [2.24, 2.45) is 5.92 Å². The molecule has 2 aliphatic heterocycles. The molecular formula is C9H14N2O3. The number of piperidine rings is 1. The summed E-state index contributed by atoms with van der Waals surface area (Å²) in [6.07, 6.45) is 1.69. The summed E-state index contributed by atoms with van der Waals surface area (Å²) in [5.41, 5.74) is 0. The van der Waals surface area contributed by atoms with Crippen LogP contribution in [0.2, 0.25) is 0 Å². The summed E-state index contributed by atoms with van der Waals surface area (Å²) in [4.78, 5) is 24.6. The van der Waals surface area contributed by atoms with E-state index in [1.165, 1.54) is 0 Å². The van der Waals surface area contributed by atoms with E-state index in [0.717, 1.165) is 12.8 Å². The second-order valence-electron chi connectivity index (χ2n) is 3.83. The van der Waals surface area contributed by atoms with Crippen molar-refractivity contribution in [1.29, 1.82) is 0 Å². The van der Waals surface area contributed by atoms with Crippen molar-refractivity contribution in [1.82, 2.24) is 10.2 Å². The Hall–Kier alpha value is -1.10. The zero-order valence-electron chi connectivity index (χ0n) is 7.90. The van der Waals surface area contributed by atoms with Crippen molar-refractivity contribution in [3.63, 3.8) is 0 Å². The van der Waals surface area contributed by atoms with Crippen LogP contribution in [0.5, 0.6) is 0 Å². The van der Waals surface area contributed by atoms with Crippen LogP contribution < -0.4 is 5.32 Å². The molecule has 0 aliphatic carbocycles. The summed E-state index contributed by atoms with van der Waals surface area (Å²) in [5, 5.41) is 11.7. The van der Waals surface area contributed by atoms with Crippen LogP contribution in [0.1, 0.15) is 12.8 Å². The number of hydrogen-bond acceptors (Lipinski definition) is 3. The van der Waals surface area contributed by atoms with Crippen molar-refractivity contribution in [2.75, 3.05) is 19.7 Å². The van der Waals surface area contributed by atoms with Gasteiger partial charge in [0.1, 0.15) is 6.04 Å². The third-order valence-corrected chi connectivity index (χ3v) is 2.99. The molecule has 0 saturated carbocycles. The van der Waals surface area contributed by atoms with E-state index in [1.807, 2.05) is 0 Å². The van der Waals surface area contributed by atoms with Gasteiger partial charge in [0, 0.05) is 19.1 Å². The van der Waals surface area contributed by atoms with Crippen molar-refractivity contribution >= 4 is 11.8 Å². The minimum absolute atomic E-state index is 0.0259. The van der Waals surface area contributed by atoms with E-state index in [-0.39, 0.29) is 30.9 Å². The second-order valence-corrected chi connectivity index (χ2v) is 3.83. The van der Waals surface area contributed by atoms with Crippen molar-refractivity contribution in [3.05, 3.63) is 0 Å². The Labute approximate surface area is 82.1 Å². The molecule has 2 rings (SSSR count). The van der Waals surface area contributed by atoms with E-state index in [0.29, 0.717) is 6.54 Å². The third kappa shape index (κ3) is 1.37. The number of amides is 2. The van der Waals surface area contributed by atoms with Crippen LogP contribution in [0.3, 0.4) is 0 Å². The van der Waals surface area contributed by atoms with E-state index in [9.17, 15) is 9.59 Å². The van der Waals surface area contributed by atoms with Crippen LogP contribution in [0, 0.1) is 5.92 Å². The average molecular weight is 198 g/mol. The molecule has 5 nitrogen and oxygen atoms in total. The molecular weight excluding hydrogens is 184 g/mol. The highest BCUT2D eigenvalue weighted by molar-refractivity contribution is 5.95. The number of carbonyl (C=O) groups excluding carboxylic acids is 2. The molecule has 2 saturated heterocycles. The quantitative estimate of drug-likeness (QED) is 0.551. The summed E-state index contributed by atoms with van der Waals surface area (Å²) in [7, 11) is 0. The molecule has 2 N–H and O–H groups in total. The number of hydrogen-bond donors (Lipinski definition) is 2. The molecule has 0 aromatic heterocycles. The first kappa shape index (κ1) is 9.45. The highest BCUT2D eigenvalue weighted by Crippen LogP contribution is 2.25. The molecule has 5 heteroatoms. The Bertz CT molecular complexity index is 267. The SMILES string of the molecule is O=C1NCC(=O)N2CCCC(CO)C12. The fourth-order valence-electron chi connectivity index (χ4n) is 2.27. The van der Waals surface area contributed by atoms with Gasteiger partial charge in [0.25, 0.3) is 0 Å². The van der Waals surface area contributed by atoms with E-state index in [2.05, 4.69) is 5.32 Å². The lowest BCUT2D eigenvalue weighted by Crippen LogP contribution is -2.63. The third-order valence-electron chi connectivity index (χ3n) is 2.99. The van der Waals surface area contributed by atoms with E-state index < -0.39 is 6.04 Å². The van der Waals surface area contributed by atoms with Crippen molar-refractivity contribution < 1.29 is 14.7 Å². The zero-order chi connectivity index (χ0) is 10.1. The lowest BCUT2D eigenvalue weighted by molar-refractivity contribution is -0.151. The Morgan fingerprint density at radius 1 is 1.50 bits per heavy atom. The minimum Gasteiger partial charge on any atom is -0.396 e. The van der Waals surface area contributed by atoms with E-state index in [4.69, 9.17) is 5.11 Å². The number of fused-ring (bicyclic) bond motifs is 1. The van der Waals surface area contributed by atoms with Crippen LogP contribution in [0.25, 0.3) is 0 Å². The van der Waals surface area contributed by atoms with Crippen molar-refractivity contribution in [2.45, 2.75) is 18.9 Å². The molecule has 2 unspecified atom stereocenters. The highest BCUT2D eigenvalue weighted by Gasteiger charge is 2.41. The maximum absolute atomic E-state index is 11.5. The number of rotatable bonds is 1. The van der Waals surface area contributed by atoms with Crippen LogP contribution in [0.15, 0.2) is 0 Å². The van der Waals surface area contributed by atoms with Gasteiger partial charge in [-0.25, -0.2) is 0 Å². The monoisotopic (exact) mass is 198 g/mol. The molecule has 2 atom stereocenters. The lowest BCUT2D eigenvalue weighted by atomic mass is 9.88. The Kier molecular flexibility index (Phi) is 2.41. The maximum atomic E-state index is 11.5. The van der Waals surface area contributed by atoms with Gasteiger partial charge in [0.15, 0.2) is 0 Å². The molecule has 0 bridgehead atoms. The predicted molar refractivity (Wildman–Crippen MR) is 48.3 cm³/mol. The molecule has 2 aliphatic rings. The molecule has 2 heterocycles. The summed E-state index contributed by atoms with van der Waals surface area (Å²) >= 11 is 0. The Morgan fingerprint density at radius 3 is 3.00 bits per heavy atom. The second kappa shape index (κ2) is 3.57. The van der Waals surface area contributed by atoms with E-state index in [1.54, 1.807) is 4.90 Å². The molecule has 2 fully saturated rings. The molecule has 78 valence electrons. The van der Waals surface area contributed by atoms with Gasteiger partial charge in [-0.2, -0.15) is 0 Å². The average Bonchev–Trinajstić information content (AvgIpc) is 2.23. The number of piperazine rings is 1. The smallest absolute Gasteiger partial charge is 0.243 e. The summed E-state index contributed by atoms with van der Waals surface area (Å²) in [5.74, 6) is -0.246. The molecule has 0 aromatic carbocycles. The van der Waals surface area contributed by atoms with Gasteiger partial charge in [0.05, 0.1) is 6.54 Å². The number of aliphatic hydroxyl groups is 1. The van der Waals surface area contributed by atoms with Crippen LogP contribution in [-0.2, 0) is 9.59 Å². The zero-order valence-corrected chi connectivity index (χ0v) is 7.90. The molecule has 0 spiro atoms. The number of nitrogens with zero attached hydrogens (tertiary/aromatic N) is 1. The number of carbonyl (C=O) groups is 2. The minimum atomic E-state index is -0.435. The normalized spacial score (nSPS) is 32.5. The summed E-state index contributed by atoms with van der Waals surface area (Å²) in [6, 6.07) is -0.435. The fourth-order valence-corrected chi connectivity index (χ4v) is 2.27. The predicted octanol–water partition coefficient (Wildman–Crippen LogP) is -1.28. The Morgan fingerprint density at radius 2 is 2.29 bits per heavy atom. The first-order valence-corrected chi connectivity index (χ1v) is 4.92. The van der Waals surface area contributed by atoms with Gasteiger partial charge in [-0.05, 0) is 12.8 Å². The fraction of sp³-hybridized carbons (Fsp3) is 0.778. The standard InChI is InChI=1S/C9H14N2O3/c12-5-6-2-1-3-11-7(13)4-10-9(14)8(6)11/h6,8,12H,1-5H2,(H,10,14). The largest absolute Gasteiger partial charge is 0.396 e.